The average Bonchev–Trinajstić information content (AvgIpc) is 2.34. The largest absolute Gasteiger partial charge is 0.329 e. The van der Waals surface area contributed by atoms with Gasteiger partial charge in [0.15, 0.2) is 0 Å². The van der Waals surface area contributed by atoms with E-state index in [1.165, 1.54) is 0 Å². The van der Waals surface area contributed by atoms with Crippen LogP contribution in [0.15, 0.2) is 29.2 Å². The third-order valence-electron chi connectivity index (χ3n) is 2.37. The summed E-state index contributed by atoms with van der Waals surface area (Å²) in [5, 5.41) is 3.07. The maximum Gasteiger partial charge on any atom is 0.296 e. The molecule has 0 spiro atoms. The van der Waals surface area contributed by atoms with Gasteiger partial charge >= 0.3 is 0 Å². The van der Waals surface area contributed by atoms with Crippen molar-refractivity contribution in [3.05, 3.63) is 29.8 Å². The molecule has 0 radical (unpaired) electrons. The van der Waals surface area contributed by atoms with E-state index in [0.717, 1.165) is 12.1 Å². The smallest absolute Gasteiger partial charge is 0.296 e. The highest BCUT2D eigenvalue weighted by Crippen LogP contribution is 2.13. The molecule has 0 saturated heterocycles. The number of nitrogens with two attached hydrogens (primary N) is 1. The Bertz CT molecular complexity index is 443. The molecule has 0 aliphatic heterocycles. The van der Waals surface area contributed by atoms with Gasteiger partial charge in [0.1, 0.15) is 0 Å². The minimum absolute atomic E-state index is 0.174. The van der Waals surface area contributed by atoms with Gasteiger partial charge in [-0.15, -0.1) is 0 Å². The van der Waals surface area contributed by atoms with Crippen molar-refractivity contribution in [3.63, 3.8) is 0 Å². The predicted octanol–water partition coefficient (Wildman–Crippen LogP) is 0.639. The van der Waals surface area contributed by atoms with Crippen molar-refractivity contribution in [1.82, 2.24) is 5.32 Å². The normalized spacial score (nSPS) is 11.7. The molecule has 0 atom stereocenters. The number of hydrogen-bond donors (Lipinski definition) is 2. The van der Waals surface area contributed by atoms with Crippen LogP contribution in [-0.4, -0.2) is 34.7 Å². The number of nitrogens with one attached hydrogen (secondary N) is 1. The number of hydrogen-bond acceptors (Lipinski definition) is 5. The van der Waals surface area contributed by atoms with E-state index in [9.17, 15) is 8.42 Å². The number of benzene rings is 1. The van der Waals surface area contributed by atoms with Crippen molar-refractivity contribution < 1.29 is 12.6 Å². The second-order valence-corrected chi connectivity index (χ2v) is 5.60. The summed E-state index contributed by atoms with van der Waals surface area (Å²) >= 11 is 0. The van der Waals surface area contributed by atoms with Crippen LogP contribution in [-0.2, 0) is 14.3 Å². The van der Waals surface area contributed by atoms with E-state index in [1.807, 2.05) is 6.92 Å². The van der Waals surface area contributed by atoms with Gasteiger partial charge in [-0.1, -0.05) is 17.7 Å². The first kappa shape index (κ1) is 15.1. The third-order valence-corrected chi connectivity index (χ3v) is 3.69. The summed E-state index contributed by atoms with van der Waals surface area (Å²) in [6.07, 6.45) is 0.630. The highest BCUT2D eigenvalue weighted by atomic mass is 32.2. The zero-order chi connectivity index (χ0) is 13.4. The fourth-order valence-corrected chi connectivity index (χ4v) is 2.31. The van der Waals surface area contributed by atoms with Crippen molar-refractivity contribution in [3.8, 4) is 0 Å². The number of rotatable bonds is 8. The first-order valence-electron chi connectivity index (χ1n) is 5.93. The Hall–Kier alpha value is -0.950. The van der Waals surface area contributed by atoms with E-state index < -0.39 is 10.1 Å². The fourth-order valence-electron chi connectivity index (χ4n) is 1.37. The Labute approximate surface area is 108 Å². The lowest BCUT2D eigenvalue weighted by molar-refractivity contribution is 0.310. The van der Waals surface area contributed by atoms with Gasteiger partial charge in [-0.05, 0) is 32.0 Å². The van der Waals surface area contributed by atoms with E-state index >= 15 is 0 Å². The molecule has 0 aliphatic rings. The van der Waals surface area contributed by atoms with Gasteiger partial charge in [0.05, 0.1) is 11.5 Å². The molecule has 6 heteroatoms. The maximum atomic E-state index is 11.8. The predicted molar refractivity (Wildman–Crippen MR) is 70.9 cm³/mol. The number of aryl methyl sites for hydroxylation is 1. The topological polar surface area (TPSA) is 81.4 Å². The molecule has 0 unspecified atom stereocenters. The van der Waals surface area contributed by atoms with Gasteiger partial charge in [0, 0.05) is 13.1 Å². The van der Waals surface area contributed by atoms with Crippen LogP contribution in [0.1, 0.15) is 12.0 Å². The summed E-state index contributed by atoms with van der Waals surface area (Å²) in [6.45, 7) is 4.07. The van der Waals surface area contributed by atoms with Gasteiger partial charge < -0.3 is 11.1 Å². The quantitative estimate of drug-likeness (QED) is 0.536. The van der Waals surface area contributed by atoms with Gasteiger partial charge in [-0.25, -0.2) is 0 Å². The molecule has 0 heterocycles. The first-order valence-corrected chi connectivity index (χ1v) is 7.34. The van der Waals surface area contributed by atoms with Crippen molar-refractivity contribution in [1.29, 1.82) is 0 Å². The summed E-state index contributed by atoms with van der Waals surface area (Å²) in [5.41, 5.74) is 6.32. The molecule has 0 saturated carbocycles. The Balaban J connectivity index is 2.38. The summed E-state index contributed by atoms with van der Waals surface area (Å²) in [7, 11) is -3.62. The molecular weight excluding hydrogens is 252 g/mol. The minimum Gasteiger partial charge on any atom is -0.329 e. The Morgan fingerprint density at radius 3 is 2.50 bits per heavy atom. The molecule has 0 aromatic heterocycles. The molecule has 1 aromatic rings. The molecule has 0 amide bonds. The van der Waals surface area contributed by atoms with Crippen LogP contribution >= 0.6 is 0 Å². The van der Waals surface area contributed by atoms with Crippen LogP contribution in [0.2, 0.25) is 0 Å². The zero-order valence-corrected chi connectivity index (χ0v) is 11.4. The van der Waals surface area contributed by atoms with Crippen molar-refractivity contribution >= 4 is 10.1 Å². The molecule has 1 rings (SSSR count). The highest BCUT2D eigenvalue weighted by molar-refractivity contribution is 7.86. The second-order valence-electron chi connectivity index (χ2n) is 3.98. The van der Waals surface area contributed by atoms with Gasteiger partial charge in [-0.2, -0.15) is 8.42 Å². The maximum absolute atomic E-state index is 11.8. The lowest BCUT2D eigenvalue weighted by atomic mass is 10.2. The van der Waals surface area contributed by atoms with Crippen molar-refractivity contribution in [2.45, 2.75) is 18.2 Å². The second kappa shape index (κ2) is 7.48. The Kier molecular flexibility index (Phi) is 6.28. The molecule has 0 fully saturated rings. The molecular formula is C12H20N2O3S. The van der Waals surface area contributed by atoms with Gasteiger partial charge in [0.25, 0.3) is 10.1 Å². The zero-order valence-electron chi connectivity index (χ0n) is 10.6. The molecule has 0 bridgehead atoms. The van der Waals surface area contributed by atoms with Crippen molar-refractivity contribution in [2.24, 2.45) is 5.73 Å². The highest BCUT2D eigenvalue weighted by Gasteiger charge is 2.13. The van der Waals surface area contributed by atoms with E-state index in [-0.39, 0.29) is 11.5 Å². The fraction of sp³-hybridized carbons (Fsp3) is 0.500. The van der Waals surface area contributed by atoms with Gasteiger partial charge in [-0.3, -0.25) is 4.18 Å². The van der Waals surface area contributed by atoms with Crippen LogP contribution in [0.3, 0.4) is 0 Å². The summed E-state index contributed by atoms with van der Waals surface area (Å²) in [5.74, 6) is 0. The van der Waals surface area contributed by atoms with Gasteiger partial charge in [0.2, 0.25) is 0 Å². The minimum atomic E-state index is -3.62. The first-order chi connectivity index (χ1) is 8.56. The molecule has 3 N–H and O–H groups in total. The Morgan fingerprint density at radius 1 is 1.22 bits per heavy atom. The molecule has 1 aromatic carbocycles. The summed E-state index contributed by atoms with van der Waals surface area (Å²) in [4.78, 5) is 0.197. The monoisotopic (exact) mass is 272 g/mol. The van der Waals surface area contributed by atoms with Crippen LogP contribution in [0.5, 0.6) is 0 Å². The summed E-state index contributed by atoms with van der Waals surface area (Å²) in [6, 6.07) is 6.60. The molecule has 0 aliphatic carbocycles. The standard InChI is InChI=1S/C12H20N2O3S/c1-11-3-5-12(6-4-11)18(15,16)17-10-2-8-14-9-7-13/h3-6,14H,2,7-10,13H2,1H3. The van der Waals surface area contributed by atoms with E-state index in [0.29, 0.717) is 19.5 Å². The van der Waals surface area contributed by atoms with Crippen LogP contribution in [0, 0.1) is 6.92 Å². The van der Waals surface area contributed by atoms with E-state index in [1.54, 1.807) is 24.3 Å². The van der Waals surface area contributed by atoms with Crippen LogP contribution < -0.4 is 11.1 Å². The lowest BCUT2D eigenvalue weighted by Crippen LogP contribution is -2.24. The molecule has 18 heavy (non-hydrogen) atoms. The van der Waals surface area contributed by atoms with E-state index in [2.05, 4.69) is 5.32 Å². The Morgan fingerprint density at radius 2 is 1.89 bits per heavy atom. The summed E-state index contributed by atoms with van der Waals surface area (Å²) < 4.78 is 28.5. The van der Waals surface area contributed by atoms with Crippen LogP contribution in [0.4, 0.5) is 0 Å². The molecule has 102 valence electrons. The van der Waals surface area contributed by atoms with Crippen LogP contribution in [0.25, 0.3) is 0 Å². The SMILES string of the molecule is Cc1ccc(S(=O)(=O)OCCCNCCN)cc1. The van der Waals surface area contributed by atoms with E-state index in [4.69, 9.17) is 9.92 Å². The average molecular weight is 272 g/mol. The molecule has 5 nitrogen and oxygen atoms in total. The van der Waals surface area contributed by atoms with Crippen molar-refractivity contribution in [2.75, 3.05) is 26.2 Å². The third kappa shape index (κ3) is 5.14. The lowest BCUT2D eigenvalue weighted by Gasteiger charge is -2.06.